The highest BCUT2D eigenvalue weighted by atomic mass is 16.3. The van der Waals surface area contributed by atoms with Crippen LogP contribution in [0.1, 0.15) is 91.4 Å². The van der Waals surface area contributed by atoms with Gasteiger partial charge in [0.05, 0.1) is 12.2 Å². The Kier molecular flexibility index (Phi) is 14.9. The van der Waals surface area contributed by atoms with Gasteiger partial charge in [0.1, 0.15) is 0 Å². The second kappa shape index (κ2) is 17.2. The van der Waals surface area contributed by atoms with Gasteiger partial charge in [-0.3, -0.25) is 0 Å². The smallest absolute Gasteiger partial charge is 0.0640 e. The van der Waals surface area contributed by atoms with Crippen LogP contribution in [0.4, 0.5) is 0 Å². The SMILES string of the molecule is CC(C)(C1CCC(C(C)(C(CO)CC(CO)CCCO)C2CC(CO)C(O)C(CO)C2)CC1)C1CC(CO)C(O)C(CO)C1. The molecule has 0 aromatic carbocycles. The summed E-state index contributed by atoms with van der Waals surface area (Å²) < 4.78 is 0. The maximum absolute atomic E-state index is 10.9. The van der Waals surface area contributed by atoms with E-state index < -0.39 is 12.2 Å². The zero-order valence-electron chi connectivity index (χ0n) is 27.7. The van der Waals surface area contributed by atoms with Crippen LogP contribution in [0.2, 0.25) is 0 Å². The van der Waals surface area contributed by atoms with Crippen molar-refractivity contribution in [1.82, 2.24) is 0 Å². The lowest BCUT2D eigenvalue weighted by Crippen LogP contribution is -2.52. The summed E-state index contributed by atoms with van der Waals surface area (Å²) >= 11 is 0. The van der Waals surface area contributed by atoms with Gasteiger partial charge in [-0.25, -0.2) is 0 Å². The van der Waals surface area contributed by atoms with Crippen LogP contribution in [0, 0.1) is 70.0 Å². The quantitative estimate of drug-likeness (QED) is 0.123. The molecule has 3 aliphatic rings. The summed E-state index contributed by atoms with van der Waals surface area (Å²) in [6, 6.07) is 0. The summed E-state index contributed by atoms with van der Waals surface area (Å²) in [5, 5.41) is 92.4. The van der Waals surface area contributed by atoms with E-state index in [1.807, 2.05) is 0 Å². The third-order valence-electron chi connectivity index (χ3n) is 13.6. The van der Waals surface area contributed by atoms with Crippen molar-refractivity contribution in [3.63, 3.8) is 0 Å². The van der Waals surface area contributed by atoms with Gasteiger partial charge in [-0.2, -0.15) is 0 Å². The molecule has 0 spiro atoms. The molecule has 3 saturated carbocycles. The van der Waals surface area contributed by atoms with E-state index in [-0.39, 0.29) is 110 Å². The predicted octanol–water partition coefficient (Wildman–Crippen LogP) is 2.18. The third-order valence-corrected chi connectivity index (χ3v) is 13.6. The first-order valence-corrected chi connectivity index (χ1v) is 17.6. The Balaban J connectivity index is 1.86. The van der Waals surface area contributed by atoms with Crippen LogP contribution in [-0.4, -0.2) is 104 Å². The molecule has 3 aliphatic carbocycles. The molecule has 0 radical (unpaired) electrons. The number of aliphatic hydroxyl groups excluding tert-OH is 9. The summed E-state index contributed by atoms with van der Waals surface area (Å²) in [6.45, 7) is 6.47. The molecule has 0 bridgehead atoms. The number of aliphatic hydroxyl groups is 9. The zero-order valence-corrected chi connectivity index (χ0v) is 27.7. The molecule has 7 atom stereocenters. The molecule has 260 valence electrons. The lowest BCUT2D eigenvalue weighted by Gasteiger charge is -2.56. The first kappa shape index (κ1) is 38.1. The molecular formula is C35H66O9. The topological polar surface area (TPSA) is 182 Å². The molecule has 9 heteroatoms. The minimum atomic E-state index is -0.760. The highest BCUT2D eigenvalue weighted by Gasteiger charge is 2.53. The fourth-order valence-corrected chi connectivity index (χ4v) is 10.2. The van der Waals surface area contributed by atoms with Gasteiger partial charge < -0.3 is 46.0 Å². The van der Waals surface area contributed by atoms with Crippen LogP contribution in [0.5, 0.6) is 0 Å². The Hall–Kier alpha value is -0.360. The van der Waals surface area contributed by atoms with E-state index >= 15 is 0 Å². The predicted molar refractivity (Wildman–Crippen MR) is 169 cm³/mol. The van der Waals surface area contributed by atoms with Gasteiger partial charge in [-0.1, -0.05) is 20.8 Å². The van der Waals surface area contributed by atoms with E-state index in [0.29, 0.717) is 38.0 Å². The van der Waals surface area contributed by atoms with Crippen LogP contribution in [0.25, 0.3) is 0 Å². The Morgan fingerprint density at radius 1 is 0.568 bits per heavy atom. The monoisotopic (exact) mass is 630 g/mol. The van der Waals surface area contributed by atoms with E-state index in [1.165, 1.54) is 0 Å². The molecule has 9 N–H and O–H groups in total. The van der Waals surface area contributed by atoms with E-state index in [0.717, 1.165) is 38.5 Å². The average Bonchev–Trinajstić information content (AvgIpc) is 3.04. The van der Waals surface area contributed by atoms with E-state index in [9.17, 15) is 46.0 Å². The molecule has 0 amide bonds. The van der Waals surface area contributed by atoms with Gasteiger partial charge in [0.2, 0.25) is 0 Å². The maximum atomic E-state index is 10.9. The Morgan fingerprint density at radius 2 is 1.00 bits per heavy atom. The zero-order chi connectivity index (χ0) is 32.7. The molecule has 0 heterocycles. The summed E-state index contributed by atoms with van der Waals surface area (Å²) in [4.78, 5) is 0. The second-order valence-electron chi connectivity index (χ2n) is 15.9. The van der Waals surface area contributed by atoms with Crippen molar-refractivity contribution in [3.05, 3.63) is 0 Å². The molecule has 3 rings (SSSR count). The third kappa shape index (κ3) is 8.19. The summed E-state index contributed by atoms with van der Waals surface area (Å²) in [5.74, 6) is -0.161. The molecule has 44 heavy (non-hydrogen) atoms. The van der Waals surface area contributed by atoms with Gasteiger partial charge >= 0.3 is 0 Å². The minimum absolute atomic E-state index is 0.00479. The molecule has 0 aromatic heterocycles. The molecule has 0 aromatic rings. The Bertz CT molecular complexity index is 790. The molecule has 0 aliphatic heterocycles. The van der Waals surface area contributed by atoms with Crippen LogP contribution < -0.4 is 0 Å². The number of rotatable bonds is 16. The largest absolute Gasteiger partial charge is 0.396 e. The minimum Gasteiger partial charge on any atom is -0.396 e. The van der Waals surface area contributed by atoms with Crippen molar-refractivity contribution >= 4 is 0 Å². The molecule has 7 unspecified atom stereocenters. The van der Waals surface area contributed by atoms with Gasteiger partial charge in [-0.05, 0) is 117 Å². The van der Waals surface area contributed by atoms with Crippen molar-refractivity contribution in [3.8, 4) is 0 Å². The standard InChI is InChI=1S/C35H66O9/c1-34(2,29-12-23(17-38)32(43)24(13-29)18-39)27-6-8-28(9-7-27)35(3,31(21-42)11-22(16-37)5-4-10-36)30-14-25(19-40)33(44)26(15-30)20-41/h22-33,36-44H,4-21H2,1-3H3. The van der Waals surface area contributed by atoms with E-state index in [4.69, 9.17) is 0 Å². The van der Waals surface area contributed by atoms with E-state index in [2.05, 4.69) is 20.8 Å². The fourth-order valence-electron chi connectivity index (χ4n) is 10.2. The maximum Gasteiger partial charge on any atom is 0.0640 e. The summed E-state index contributed by atoms with van der Waals surface area (Å²) in [6.07, 6.45) is 7.18. The van der Waals surface area contributed by atoms with Crippen molar-refractivity contribution in [2.75, 3.05) is 46.2 Å². The van der Waals surface area contributed by atoms with Gasteiger partial charge in [0, 0.05) is 69.9 Å². The molecule has 3 fully saturated rings. The fraction of sp³-hybridized carbons (Fsp3) is 1.00. The van der Waals surface area contributed by atoms with Crippen LogP contribution >= 0.6 is 0 Å². The number of hydrogen-bond donors (Lipinski definition) is 9. The first-order valence-electron chi connectivity index (χ1n) is 17.6. The average molecular weight is 631 g/mol. The second-order valence-corrected chi connectivity index (χ2v) is 15.9. The highest BCUT2D eigenvalue weighted by Crippen LogP contribution is 2.59. The molecular weight excluding hydrogens is 564 g/mol. The normalized spacial score (nSPS) is 38.2. The van der Waals surface area contributed by atoms with Gasteiger partial charge in [0.25, 0.3) is 0 Å². The van der Waals surface area contributed by atoms with E-state index in [1.54, 1.807) is 0 Å². The summed E-state index contributed by atoms with van der Waals surface area (Å²) in [5.41, 5.74) is -0.375. The van der Waals surface area contributed by atoms with Crippen molar-refractivity contribution in [2.24, 2.45) is 70.0 Å². The first-order chi connectivity index (χ1) is 21.0. The lowest BCUT2D eigenvalue weighted by atomic mass is 9.49. The van der Waals surface area contributed by atoms with Gasteiger partial charge in [0.15, 0.2) is 0 Å². The van der Waals surface area contributed by atoms with Crippen LogP contribution in [0.3, 0.4) is 0 Å². The Labute approximate surface area is 265 Å². The van der Waals surface area contributed by atoms with Crippen LogP contribution in [-0.2, 0) is 0 Å². The van der Waals surface area contributed by atoms with Crippen LogP contribution in [0.15, 0.2) is 0 Å². The van der Waals surface area contributed by atoms with Gasteiger partial charge in [-0.15, -0.1) is 0 Å². The molecule has 9 nitrogen and oxygen atoms in total. The highest BCUT2D eigenvalue weighted by molar-refractivity contribution is 5.02. The van der Waals surface area contributed by atoms with Crippen molar-refractivity contribution < 1.29 is 46.0 Å². The number of hydrogen-bond acceptors (Lipinski definition) is 9. The molecule has 0 saturated heterocycles. The van der Waals surface area contributed by atoms with Crippen molar-refractivity contribution in [2.45, 2.75) is 104 Å². The summed E-state index contributed by atoms with van der Waals surface area (Å²) in [7, 11) is 0. The lowest BCUT2D eigenvalue weighted by molar-refractivity contribution is -0.118. The Morgan fingerprint density at radius 3 is 1.39 bits per heavy atom. The van der Waals surface area contributed by atoms with Crippen molar-refractivity contribution in [1.29, 1.82) is 0 Å².